The number of aliphatic carboxylic acids is 1. The van der Waals surface area contributed by atoms with Crippen molar-refractivity contribution in [3.63, 3.8) is 0 Å². The number of rotatable bonds is 2. The molecule has 0 aromatic rings. The first-order valence-corrected chi connectivity index (χ1v) is 8.93. The topological polar surface area (TPSA) is 37.3 Å². The Bertz CT molecular complexity index is 542. The van der Waals surface area contributed by atoms with Gasteiger partial charge in [-0.3, -0.25) is 4.79 Å². The van der Waals surface area contributed by atoms with Crippen LogP contribution in [0.1, 0.15) is 66.2 Å². The Morgan fingerprint density at radius 2 is 2.05 bits per heavy atom. The summed E-state index contributed by atoms with van der Waals surface area (Å²) in [6.07, 6.45) is 11.1. The quantitative estimate of drug-likeness (QED) is 0.760. The predicted octanol–water partition coefficient (Wildman–Crippen LogP) is 5.21. The van der Waals surface area contributed by atoms with Crippen molar-refractivity contribution in [1.82, 2.24) is 0 Å². The summed E-state index contributed by atoms with van der Waals surface area (Å²) in [6, 6.07) is 0. The van der Waals surface area contributed by atoms with Gasteiger partial charge in [-0.25, -0.2) is 0 Å². The van der Waals surface area contributed by atoms with Crippen molar-refractivity contribution in [2.75, 3.05) is 0 Å². The Morgan fingerprint density at radius 1 is 1.32 bits per heavy atom. The van der Waals surface area contributed by atoms with Gasteiger partial charge in [0.15, 0.2) is 0 Å². The number of hydrogen-bond acceptors (Lipinski definition) is 1. The van der Waals surface area contributed by atoms with Crippen LogP contribution < -0.4 is 0 Å². The van der Waals surface area contributed by atoms with Crippen LogP contribution in [0.5, 0.6) is 0 Å². The molecule has 0 aromatic carbocycles. The zero-order valence-electron chi connectivity index (χ0n) is 14.5. The second-order valence-electron chi connectivity index (χ2n) is 8.57. The Balaban J connectivity index is 1.98. The van der Waals surface area contributed by atoms with E-state index in [-0.39, 0.29) is 11.3 Å². The maximum Gasteiger partial charge on any atom is 0.309 e. The van der Waals surface area contributed by atoms with Gasteiger partial charge in [-0.2, -0.15) is 0 Å². The Kier molecular flexibility index (Phi) is 3.78. The first-order chi connectivity index (χ1) is 10.3. The molecular weight excluding hydrogens is 272 g/mol. The van der Waals surface area contributed by atoms with Crippen molar-refractivity contribution in [2.45, 2.75) is 66.2 Å². The number of allylic oxidation sites excluding steroid dienone is 4. The molecule has 2 unspecified atom stereocenters. The molecule has 1 N–H and O–H groups in total. The van der Waals surface area contributed by atoms with Crippen molar-refractivity contribution in [2.24, 2.45) is 28.6 Å². The van der Waals surface area contributed by atoms with Crippen LogP contribution in [0.2, 0.25) is 0 Å². The third-order valence-corrected chi connectivity index (χ3v) is 7.00. The van der Waals surface area contributed by atoms with E-state index in [2.05, 4.69) is 32.9 Å². The molecule has 2 heteroatoms. The third-order valence-electron chi connectivity index (χ3n) is 7.00. The van der Waals surface area contributed by atoms with Gasteiger partial charge in [-0.15, -0.1) is 0 Å². The maximum atomic E-state index is 11.9. The van der Waals surface area contributed by atoms with Crippen LogP contribution in [0.3, 0.4) is 0 Å². The molecule has 0 radical (unpaired) electrons. The van der Waals surface area contributed by atoms with Crippen molar-refractivity contribution in [3.8, 4) is 0 Å². The van der Waals surface area contributed by atoms with Gasteiger partial charge in [0.05, 0.1) is 5.41 Å². The van der Waals surface area contributed by atoms with E-state index in [4.69, 9.17) is 0 Å². The highest BCUT2D eigenvalue weighted by molar-refractivity contribution is 5.75. The number of hydrogen-bond donors (Lipinski definition) is 1. The lowest BCUT2D eigenvalue weighted by molar-refractivity contribution is -0.159. The highest BCUT2D eigenvalue weighted by Crippen LogP contribution is 2.61. The molecule has 3 aliphatic rings. The van der Waals surface area contributed by atoms with E-state index in [9.17, 15) is 9.90 Å². The number of carboxylic acids is 1. The summed E-state index contributed by atoms with van der Waals surface area (Å²) in [5, 5.41) is 9.83. The van der Waals surface area contributed by atoms with Crippen LogP contribution in [0.25, 0.3) is 0 Å². The highest BCUT2D eigenvalue weighted by Gasteiger charge is 2.55. The lowest BCUT2D eigenvalue weighted by atomic mass is 9.49. The zero-order valence-corrected chi connectivity index (χ0v) is 14.5. The summed E-state index contributed by atoms with van der Waals surface area (Å²) in [5.41, 5.74) is 2.63. The monoisotopic (exact) mass is 302 g/mol. The highest BCUT2D eigenvalue weighted by atomic mass is 16.4. The summed E-state index contributed by atoms with van der Waals surface area (Å²) in [4.78, 5) is 11.9. The average molecular weight is 302 g/mol. The molecule has 0 bridgehead atoms. The standard InChI is InChI=1S/C20H30O2/c1-13(2)14-6-8-16-15(12-14)7-9-17-19(16,3)10-5-11-20(17,4)18(21)22/h6,8,13-14,17H,5,7,9-12H2,1-4H3,(H,21,22)/t14?,17?,19-,20+/m0/s1. The molecule has 1 fully saturated rings. The van der Waals surface area contributed by atoms with Gasteiger partial charge in [0, 0.05) is 0 Å². The molecule has 3 rings (SSSR count). The molecule has 1 saturated carbocycles. The summed E-state index contributed by atoms with van der Waals surface area (Å²) < 4.78 is 0. The molecule has 0 heterocycles. The van der Waals surface area contributed by atoms with E-state index >= 15 is 0 Å². The molecule has 2 nitrogen and oxygen atoms in total. The summed E-state index contributed by atoms with van der Waals surface area (Å²) in [7, 11) is 0. The molecule has 0 aromatic heterocycles. The third kappa shape index (κ3) is 2.18. The molecule has 122 valence electrons. The van der Waals surface area contributed by atoms with E-state index in [1.54, 1.807) is 5.57 Å². The number of carboxylic acid groups (broad SMARTS) is 1. The minimum Gasteiger partial charge on any atom is -0.481 e. The Hall–Kier alpha value is -1.05. The van der Waals surface area contributed by atoms with E-state index in [1.807, 2.05) is 6.92 Å². The fourth-order valence-corrected chi connectivity index (χ4v) is 5.50. The van der Waals surface area contributed by atoms with E-state index < -0.39 is 11.4 Å². The second kappa shape index (κ2) is 5.25. The van der Waals surface area contributed by atoms with Crippen molar-refractivity contribution < 1.29 is 9.90 Å². The van der Waals surface area contributed by atoms with Crippen LogP contribution in [0, 0.1) is 28.6 Å². The molecule has 4 atom stereocenters. The van der Waals surface area contributed by atoms with Gasteiger partial charge in [0.2, 0.25) is 0 Å². The predicted molar refractivity (Wildman–Crippen MR) is 89.5 cm³/mol. The maximum absolute atomic E-state index is 11.9. The van der Waals surface area contributed by atoms with Gasteiger partial charge in [0.25, 0.3) is 0 Å². The lowest BCUT2D eigenvalue weighted by Gasteiger charge is -2.55. The largest absolute Gasteiger partial charge is 0.481 e. The van der Waals surface area contributed by atoms with Gasteiger partial charge in [0.1, 0.15) is 0 Å². The smallest absolute Gasteiger partial charge is 0.309 e. The Labute approximate surface area is 134 Å². The fraction of sp³-hybridized carbons (Fsp3) is 0.750. The van der Waals surface area contributed by atoms with Gasteiger partial charge in [-0.1, -0.05) is 44.9 Å². The minimum absolute atomic E-state index is 0.0669. The van der Waals surface area contributed by atoms with Gasteiger partial charge in [-0.05, 0) is 67.8 Å². The van der Waals surface area contributed by atoms with Crippen LogP contribution in [0.4, 0.5) is 0 Å². The van der Waals surface area contributed by atoms with E-state index in [1.165, 1.54) is 12.0 Å². The first-order valence-electron chi connectivity index (χ1n) is 8.93. The summed E-state index contributed by atoms with van der Waals surface area (Å²) in [6.45, 7) is 8.94. The van der Waals surface area contributed by atoms with Crippen molar-refractivity contribution >= 4 is 5.97 Å². The molecule has 22 heavy (non-hydrogen) atoms. The summed E-state index contributed by atoms with van der Waals surface area (Å²) in [5.74, 6) is 1.04. The summed E-state index contributed by atoms with van der Waals surface area (Å²) >= 11 is 0. The molecule has 0 spiro atoms. The van der Waals surface area contributed by atoms with Crippen molar-refractivity contribution in [1.29, 1.82) is 0 Å². The minimum atomic E-state index is -0.590. The lowest BCUT2D eigenvalue weighted by Crippen LogP contribution is -2.50. The molecule has 3 aliphatic carbocycles. The first kappa shape index (κ1) is 15.8. The van der Waals surface area contributed by atoms with E-state index in [0.29, 0.717) is 11.8 Å². The fourth-order valence-electron chi connectivity index (χ4n) is 5.50. The van der Waals surface area contributed by atoms with Crippen molar-refractivity contribution in [3.05, 3.63) is 23.3 Å². The Morgan fingerprint density at radius 3 is 2.68 bits per heavy atom. The van der Waals surface area contributed by atoms with Crippen LogP contribution in [-0.2, 0) is 4.79 Å². The van der Waals surface area contributed by atoms with Gasteiger partial charge < -0.3 is 5.11 Å². The number of fused-ring (bicyclic) bond motifs is 2. The SMILES string of the molecule is CC(C)C1C=CC2=C(CCC3[C@](C)(C(=O)O)CCC[C@@]23C)C1. The molecule has 0 amide bonds. The normalized spacial score (nSPS) is 41.3. The van der Waals surface area contributed by atoms with Gasteiger partial charge >= 0.3 is 5.97 Å². The number of carbonyl (C=O) groups is 1. The average Bonchev–Trinajstić information content (AvgIpc) is 2.46. The second-order valence-corrected chi connectivity index (χ2v) is 8.57. The molecule has 0 aliphatic heterocycles. The van der Waals surface area contributed by atoms with E-state index in [0.717, 1.165) is 32.1 Å². The molecular formula is C20H30O2. The van der Waals surface area contributed by atoms with Crippen LogP contribution in [-0.4, -0.2) is 11.1 Å². The zero-order chi connectivity index (χ0) is 16.1. The van der Waals surface area contributed by atoms with Crippen LogP contribution >= 0.6 is 0 Å². The molecule has 0 saturated heterocycles. The van der Waals surface area contributed by atoms with Crippen LogP contribution in [0.15, 0.2) is 23.3 Å².